The Hall–Kier alpha value is -2.07. The molecular weight excluding hydrogens is 1060 g/mol. The molecule has 0 aromatic rings. The topological polar surface area (TPSA) is 368 Å². The maximum absolute atomic E-state index is 14.0. The number of carbonyl (C=O) groups is 2. The predicted octanol–water partition coefficient (Wildman–Crippen LogP) is 3.70. The van der Waals surface area contributed by atoms with Crippen molar-refractivity contribution in [3.05, 3.63) is 24.3 Å². The molecule has 0 aromatic carbocycles. The van der Waals surface area contributed by atoms with Crippen molar-refractivity contribution in [3.8, 4) is 0 Å². The van der Waals surface area contributed by atoms with Gasteiger partial charge in [0, 0.05) is 12.8 Å². The summed E-state index contributed by atoms with van der Waals surface area (Å²) in [4.78, 5) is 37.5. The lowest BCUT2D eigenvalue weighted by Gasteiger charge is -2.49. The zero-order valence-corrected chi connectivity index (χ0v) is 47.5. The summed E-state index contributed by atoms with van der Waals surface area (Å²) in [5.74, 6) is -1.35. The fraction of sp³-hybridized carbons (Fsp3) is 0.891. The third kappa shape index (κ3) is 26.2. The van der Waals surface area contributed by atoms with Crippen molar-refractivity contribution in [1.29, 1.82) is 0 Å². The summed E-state index contributed by atoms with van der Waals surface area (Å²) < 4.78 is 58.1. The SMILES string of the molecule is CCC/C=C\C/C=C\CCCCCCCC(=O)O[C@H](COC(=O)CCCCCCCCCCCCCCCCC)COP(=O)(O)OC1C(O[C@@H]2OC(CO)[C@H](O)C(O)[C@@H]2O)C(O)C(O)C(O)[C@H]1O[C@H]1OC(CO)[C@@H](O)C(O)[C@H]1O. The van der Waals surface area contributed by atoms with Gasteiger partial charge in [-0.05, 0) is 38.5 Å². The molecule has 3 rings (SSSR count). The number of hydrogen-bond acceptors (Lipinski definition) is 22. The molecular formula is C55H99O23P. The summed E-state index contributed by atoms with van der Waals surface area (Å²) >= 11 is 0. The summed E-state index contributed by atoms with van der Waals surface area (Å²) in [5, 5.41) is 117. The predicted molar refractivity (Wildman–Crippen MR) is 286 cm³/mol. The van der Waals surface area contributed by atoms with Crippen LogP contribution in [0.4, 0.5) is 0 Å². The minimum absolute atomic E-state index is 0.0467. The highest BCUT2D eigenvalue weighted by Gasteiger charge is 2.58. The van der Waals surface area contributed by atoms with Crippen molar-refractivity contribution in [2.75, 3.05) is 26.4 Å². The highest BCUT2D eigenvalue weighted by atomic mass is 31.2. The van der Waals surface area contributed by atoms with Gasteiger partial charge in [-0.1, -0.05) is 154 Å². The molecule has 462 valence electrons. The lowest BCUT2D eigenvalue weighted by molar-refractivity contribution is -0.360. The number of rotatable bonds is 42. The summed E-state index contributed by atoms with van der Waals surface area (Å²) in [6.45, 7) is 0.925. The molecule has 0 spiro atoms. The Kier molecular flexibility index (Phi) is 36.3. The van der Waals surface area contributed by atoms with Crippen LogP contribution in [0.5, 0.6) is 0 Å². The third-order valence-corrected chi connectivity index (χ3v) is 15.5. The van der Waals surface area contributed by atoms with Gasteiger partial charge in [-0.15, -0.1) is 0 Å². The van der Waals surface area contributed by atoms with E-state index in [4.69, 9.17) is 37.5 Å². The average molecular weight is 1160 g/mol. The van der Waals surface area contributed by atoms with Gasteiger partial charge in [0.1, 0.15) is 92.1 Å². The van der Waals surface area contributed by atoms with Crippen LogP contribution < -0.4 is 0 Å². The number of esters is 2. The molecule has 2 heterocycles. The first-order valence-corrected chi connectivity index (χ1v) is 30.7. The van der Waals surface area contributed by atoms with E-state index >= 15 is 0 Å². The molecule has 24 heteroatoms. The molecule has 23 nitrogen and oxygen atoms in total. The van der Waals surface area contributed by atoms with Crippen molar-refractivity contribution >= 4 is 19.8 Å². The van der Waals surface area contributed by atoms with Crippen LogP contribution in [0.15, 0.2) is 24.3 Å². The molecule has 10 unspecified atom stereocenters. The Morgan fingerprint density at radius 2 is 0.899 bits per heavy atom. The van der Waals surface area contributed by atoms with Crippen molar-refractivity contribution in [3.63, 3.8) is 0 Å². The number of ether oxygens (including phenoxy) is 6. The molecule has 1 aliphatic carbocycles. The minimum Gasteiger partial charge on any atom is -0.462 e. The maximum Gasteiger partial charge on any atom is 0.472 e. The number of aliphatic hydroxyl groups is 11. The minimum atomic E-state index is -5.64. The van der Waals surface area contributed by atoms with Gasteiger partial charge < -0.3 is 89.5 Å². The molecule has 18 atom stereocenters. The molecule has 2 saturated heterocycles. The van der Waals surface area contributed by atoms with Gasteiger partial charge in [-0.3, -0.25) is 18.6 Å². The van der Waals surface area contributed by atoms with Gasteiger partial charge >= 0.3 is 19.8 Å². The summed E-state index contributed by atoms with van der Waals surface area (Å²) in [7, 11) is -5.64. The van der Waals surface area contributed by atoms with Gasteiger partial charge in [0.2, 0.25) is 0 Å². The van der Waals surface area contributed by atoms with Crippen LogP contribution in [-0.2, 0) is 51.6 Å². The van der Waals surface area contributed by atoms with Crippen molar-refractivity contribution < 1.29 is 113 Å². The standard InChI is InChI=1S/C55H99O23P/c1-3-5-7-9-11-13-15-17-18-20-21-23-25-27-29-31-40(58)71-35-37(73-41(59)32-30-28-26-24-22-19-16-14-12-10-8-6-4-2)36-72-79(69,70)78-53-51(76-54-49(67)44(62)42(60)38(33-56)74-54)47(65)46(64)48(66)52(53)77-55-50(68)45(63)43(61)39(34-57)75-55/h8,10,14,16,37-39,42-57,60-68H,3-7,9,11-13,15,17-36H2,1-2H3,(H,69,70)/b10-8-,16-14-/t37-,38?,39?,42-,43+,44?,45?,46?,47?,48?,49-,50+,51-,52?,53?,54-,55+/m1/s1. The van der Waals surface area contributed by atoms with E-state index in [1.807, 2.05) is 0 Å². The van der Waals surface area contributed by atoms with Crippen LogP contribution >= 0.6 is 7.82 Å². The van der Waals surface area contributed by atoms with Crippen LogP contribution in [0.25, 0.3) is 0 Å². The van der Waals surface area contributed by atoms with E-state index in [-0.39, 0.29) is 12.8 Å². The van der Waals surface area contributed by atoms with E-state index in [1.165, 1.54) is 64.2 Å². The third-order valence-electron chi connectivity index (χ3n) is 14.5. The van der Waals surface area contributed by atoms with Crippen LogP contribution in [0, 0.1) is 0 Å². The first-order chi connectivity index (χ1) is 37.9. The number of carbonyl (C=O) groups excluding carboxylic acids is 2. The number of unbranched alkanes of at least 4 members (excludes halogenated alkanes) is 20. The monoisotopic (exact) mass is 1160 g/mol. The molecule has 12 N–H and O–H groups in total. The molecule has 79 heavy (non-hydrogen) atoms. The number of allylic oxidation sites excluding steroid dienone is 4. The second-order valence-corrected chi connectivity index (χ2v) is 22.6. The first-order valence-electron chi connectivity index (χ1n) is 29.2. The van der Waals surface area contributed by atoms with Gasteiger partial charge in [0.05, 0.1) is 19.8 Å². The first kappa shape index (κ1) is 71.2. The normalized spacial score (nSPS) is 31.6. The van der Waals surface area contributed by atoms with Gasteiger partial charge in [0.15, 0.2) is 18.7 Å². The van der Waals surface area contributed by atoms with E-state index in [2.05, 4.69) is 38.2 Å². The Balaban J connectivity index is 1.71. The fourth-order valence-electron chi connectivity index (χ4n) is 9.63. The molecule has 3 aliphatic rings. The van der Waals surface area contributed by atoms with E-state index in [0.717, 1.165) is 70.6 Å². The smallest absolute Gasteiger partial charge is 0.462 e. The van der Waals surface area contributed by atoms with Crippen LogP contribution in [0.1, 0.15) is 181 Å². The molecule has 2 aliphatic heterocycles. The zero-order chi connectivity index (χ0) is 58.2. The second kappa shape index (κ2) is 40.2. The second-order valence-electron chi connectivity index (χ2n) is 21.2. The van der Waals surface area contributed by atoms with Crippen LogP contribution in [-0.4, -0.2) is 204 Å². The van der Waals surface area contributed by atoms with Crippen molar-refractivity contribution in [2.45, 2.75) is 285 Å². The van der Waals surface area contributed by atoms with E-state index < -0.39 is 150 Å². The fourth-order valence-corrected chi connectivity index (χ4v) is 10.6. The molecule has 0 amide bonds. The maximum atomic E-state index is 14.0. The Labute approximate surface area is 466 Å². The van der Waals surface area contributed by atoms with Crippen molar-refractivity contribution in [1.82, 2.24) is 0 Å². The summed E-state index contributed by atoms with van der Waals surface area (Å²) in [6.07, 6.45) is -1.18. The van der Waals surface area contributed by atoms with Crippen LogP contribution in [0.3, 0.4) is 0 Å². The lowest BCUT2D eigenvalue weighted by Crippen LogP contribution is -2.69. The Morgan fingerprint density at radius 1 is 0.481 bits per heavy atom. The van der Waals surface area contributed by atoms with Crippen LogP contribution in [0.2, 0.25) is 0 Å². The zero-order valence-electron chi connectivity index (χ0n) is 46.6. The number of hydrogen-bond donors (Lipinski definition) is 12. The average Bonchev–Trinajstić information content (AvgIpc) is 3.55. The van der Waals surface area contributed by atoms with Crippen molar-refractivity contribution in [2.24, 2.45) is 0 Å². The number of phosphoric acid groups is 1. The largest absolute Gasteiger partial charge is 0.472 e. The molecule has 0 radical (unpaired) electrons. The summed E-state index contributed by atoms with van der Waals surface area (Å²) in [6, 6.07) is 0. The number of aliphatic hydroxyl groups excluding tert-OH is 11. The summed E-state index contributed by atoms with van der Waals surface area (Å²) in [5.41, 5.74) is 0. The van der Waals surface area contributed by atoms with E-state index in [1.54, 1.807) is 0 Å². The molecule has 0 aromatic heterocycles. The lowest BCUT2D eigenvalue weighted by atomic mass is 9.84. The highest BCUT2D eigenvalue weighted by Crippen LogP contribution is 2.49. The van der Waals surface area contributed by atoms with Gasteiger partial charge in [-0.2, -0.15) is 0 Å². The number of phosphoric ester groups is 1. The Morgan fingerprint density at radius 3 is 1.35 bits per heavy atom. The van der Waals surface area contributed by atoms with E-state index in [9.17, 15) is 75.2 Å². The highest BCUT2D eigenvalue weighted by molar-refractivity contribution is 7.47. The molecule has 3 fully saturated rings. The van der Waals surface area contributed by atoms with E-state index in [0.29, 0.717) is 19.3 Å². The Bertz CT molecular complexity index is 1670. The quantitative estimate of drug-likeness (QED) is 0.0179. The molecule has 0 bridgehead atoms. The van der Waals surface area contributed by atoms with Gasteiger partial charge in [-0.25, -0.2) is 4.57 Å². The van der Waals surface area contributed by atoms with Gasteiger partial charge in [0.25, 0.3) is 0 Å². The molecule has 1 saturated carbocycles.